The Kier molecular flexibility index (Phi) is 6.95. The van der Waals surface area contributed by atoms with Gasteiger partial charge in [-0.3, -0.25) is 0 Å². The van der Waals surface area contributed by atoms with Crippen LogP contribution in [0.4, 0.5) is 10.5 Å². The summed E-state index contributed by atoms with van der Waals surface area (Å²) in [6.45, 7) is 3.10. The zero-order chi connectivity index (χ0) is 26.9. The van der Waals surface area contributed by atoms with Crippen LogP contribution in [0.15, 0.2) is 60.8 Å². The van der Waals surface area contributed by atoms with Gasteiger partial charge >= 0.3 is 6.03 Å². The summed E-state index contributed by atoms with van der Waals surface area (Å²) in [4.78, 5) is 17.6. The number of amides is 2. The first-order chi connectivity index (χ1) is 19.1. The summed E-state index contributed by atoms with van der Waals surface area (Å²) in [6.07, 6.45) is 6.72. The van der Waals surface area contributed by atoms with E-state index < -0.39 is 0 Å². The van der Waals surface area contributed by atoms with Gasteiger partial charge in [0.25, 0.3) is 0 Å². The van der Waals surface area contributed by atoms with Gasteiger partial charge in [-0.05, 0) is 80.1 Å². The van der Waals surface area contributed by atoms with E-state index >= 15 is 0 Å². The molecule has 0 bridgehead atoms. The molecule has 0 fully saturated rings. The number of nitrogens with one attached hydrogen (secondary N) is 1. The number of aromatic nitrogens is 1. The van der Waals surface area contributed by atoms with Crippen molar-refractivity contribution >= 4 is 23.1 Å². The fraction of sp³-hybridized carbons (Fsp3) is 0.323. The molecule has 0 saturated heterocycles. The number of fused-ring (bicyclic) bond motifs is 5. The highest BCUT2D eigenvalue weighted by Crippen LogP contribution is 2.44. The highest BCUT2D eigenvalue weighted by atomic mass is 32.1. The predicted molar refractivity (Wildman–Crippen MR) is 154 cm³/mol. The molecule has 4 aromatic rings. The summed E-state index contributed by atoms with van der Waals surface area (Å²) in [5.74, 6) is 2.03. The van der Waals surface area contributed by atoms with E-state index in [0.29, 0.717) is 30.3 Å². The molecule has 8 heteroatoms. The van der Waals surface area contributed by atoms with Crippen LogP contribution < -0.4 is 19.5 Å². The summed E-state index contributed by atoms with van der Waals surface area (Å²) in [6, 6.07) is 17.2. The van der Waals surface area contributed by atoms with Crippen LogP contribution in [-0.2, 0) is 19.4 Å². The molecular formula is C31H33N3O4S. The maximum Gasteiger partial charge on any atom is 0.323 e. The molecule has 3 heterocycles. The largest absolute Gasteiger partial charge is 0.497 e. The summed E-state index contributed by atoms with van der Waals surface area (Å²) < 4.78 is 18.9. The topological polar surface area (TPSA) is 65.0 Å². The number of rotatable bonds is 6. The lowest BCUT2D eigenvalue weighted by Gasteiger charge is -2.31. The first kappa shape index (κ1) is 25.4. The second-order valence-electron chi connectivity index (χ2n) is 9.83. The van der Waals surface area contributed by atoms with Crippen LogP contribution in [0.3, 0.4) is 0 Å². The Morgan fingerprint density at radius 3 is 2.56 bits per heavy atom. The summed E-state index contributed by atoms with van der Waals surface area (Å²) in [5.41, 5.74) is 5.37. The van der Waals surface area contributed by atoms with E-state index in [-0.39, 0.29) is 12.1 Å². The Hall–Kier alpha value is -3.91. The molecule has 0 spiro atoms. The fourth-order valence-corrected chi connectivity index (χ4v) is 7.14. The molecule has 0 radical (unpaired) electrons. The van der Waals surface area contributed by atoms with Gasteiger partial charge in [0.1, 0.15) is 22.2 Å². The molecule has 2 amide bonds. The number of methoxy groups -OCH3 is 2. The molecule has 1 unspecified atom stereocenters. The predicted octanol–water partition coefficient (Wildman–Crippen LogP) is 6.97. The monoisotopic (exact) mass is 543 g/mol. The van der Waals surface area contributed by atoms with Crippen LogP contribution in [-0.4, -0.2) is 36.3 Å². The standard InChI is InChI=1S/C31H33N3O4S/c1-4-38-21-13-11-20(12-14-21)29-26-9-7-17-33(26)30-24(23-8-5-6-10-28(23)39-30)19-34(29)31(35)32-25-16-15-22(36-2)18-27(25)37-3/h7,9,11-18,29H,4-6,8,10,19H2,1-3H3,(H,32,35). The molecule has 1 aliphatic carbocycles. The zero-order valence-electron chi connectivity index (χ0n) is 22.5. The number of hydrogen-bond acceptors (Lipinski definition) is 5. The van der Waals surface area contributed by atoms with E-state index in [0.717, 1.165) is 29.8 Å². The van der Waals surface area contributed by atoms with Crippen LogP contribution in [0.1, 0.15) is 53.1 Å². The van der Waals surface area contributed by atoms with Crippen LogP contribution >= 0.6 is 11.3 Å². The van der Waals surface area contributed by atoms with Gasteiger partial charge in [0.2, 0.25) is 0 Å². The smallest absolute Gasteiger partial charge is 0.323 e. The second kappa shape index (κ2) is 10.7. The summed E-state index contributed by atoms with van der Waals surface area (Å²) in [5, 5.41) is 4.38. The Morgan fingerprint density at radius 2 is 1.79 bits per heavy atom. The molecule has 202 valence electrons. The second-order valence-corrected chi connectivity index (χ2v) is 10.9. The third-order valence-electron chi connectivity index (χ3n) is 7.60. The molecule has 6 rings (SSSR count). The molecule has 2 aromatic carbocycles. The number of ether oxygens (including phenoxy) is 3. The van der Waals surface area contributed by atoms with Crippen LogP contribution in [0, 0.1) is 0 Å². The maximum absolute atomic E-state index is 14.2. The van der Waals surface area contributed by atoms with E-state index in [1.165, 1.54) is 33.8 Å². The van der Waals surface area contributed by atoms with Crippen molar-refractivity contribution in [1.29, 1.82) is 0 Å². The summed E-state index contributed by atoms with van der Waals surface area (Å²) >= 11 is 1.88. The first-order valence-electron chi connectivity index (χ1n) is 13.4. The van der Waals surface area contributed by atoms with Crippen molar-refractivity contribution in [3.05, 3.63) is 88.1 Å². The molecule has 1 aliphatic heterocycles. The summed E-state index contributed by atoms with van der Waals surface area (Å²) in [7, 11) is 3.20. The number of aryl methyl sites for hydroxylation is 1. The van der Waals surface area contributed by atoms with Gasteiger partial charge in [0, 0.05) is 22.7 Å². The lowest BCUT2D eigenvalue weighted by molar-refractivity contribution is 0.194. The average Bonchev–Trinajstić information content (AvgIpc) is 3.56. The number of thiophene rings is 1. The number of carbonyl (C=O) groups is 1. The van der Waals surface area contributed by atoms with Crippen LogP contribution in [0.5, 0.6) is 17.2 Å². The maximum atomic E-state index is 14.2. The van der Waals surface area contributed by atoms with Crippen molar-refractivity contribution in [2.24, 2.45) is 0 Å². The molecule has 7 nitrogen and oxygen atoms in total. The molecule has 39 heavy (non-hydrogen) atoms. The van der Waals surface area contributed by atoms with Gasteiger partial charge in [-0.25, -0.2) is 4.79 Å². The SMILES string of the molecule is CCOc1ccc(C2c3cccn3-c3sc4c(c3CN2C(=O)Nc2ccc(OC)cc2OC)CCCC4)cc1. The molecule has 2 aromatic heterocycles. The number of carbonyl (C=O) groups excluding carboxylic acids is 1. The zero-order valence-corrected chi connectivity index (χ0v) is 23.3. The van der Waals surface area contributed by atoms with Crippen molar-refractivity contribution in [1.82, 2.24) is 9.47 Å². The Bertz CT molecular complexity index is 1490. The van der Waals surface area contributed by atoms with Gasteiger partial charge < -0.3 is 29.0 Å². The van der Waals surface area contributed by atoms with E-state index in [4.69, 9.17) is 14.2 Å². The number of hydrogen-bond donors (Lipinski definition) is 1. The normalized spacial score (nSPS) is 16.0. The van der Waals surface area contributed by atoms with Gasteiger partial charge in [-0.15, -0.1) is 11.3 Å². The van der Waals surface area contributed by atoms with Crippen molar-refractivity contribution in [2.75, 3.05) is 26.1 Å². The van der Waals surface area contributed by atoms with Gasteiger partial charge in [-0.2, -0.15) is 0 Å². The highest BCUT2D eigenvalue weighted by molar-refractivity contribution is 7.15. The first-order valence-corrected chi connectivity index (χ1v) is 14.3. The van der Waals surface area contributed by atoms with E-state index in [1.54, 1.807) is 20.3 Å². The molecule has 2 aliphatic rings. The Labute approximate surface area is 232 Å². The van der Waals surface area contributed by atoms with Crippen LogP contribution in [0.2, 0.25) is 0 Å². The van der Waals surface area contributed by atoms with Gasteiger partial charge in [-0.1, -0.05) is 12.1 Å². The van der Waals surface area contributed by atoms with Gasteiger partial charge in [0.05, 0.1) is 44.8 Å². The third-order valence-corrected chi connectivity index (χ3v) is 8.93. The van der Waals surface area contributed by atoms with E-state index in [1.807, 2.05) is 47.4 Å². The van der Waals surface area contributed by atoms with Crippen molar-refractivity contribution in [3.63, 3.8) is 0 Å². The molecule has 0 saturated carbocycles. The lowest BCUT2D eigenvalue weighted by atomic mass is 9.95. The number of benzene rings is 2. The van der Waals surface area contributed by atoms with E-state index in [9.17, 15) is 4.79 Å². The number of anilines is 1. The highest BCUT2D eigenvalue weighted by Gasteiger charge is 2.36. The minimum Gasteiger partial charge on any atom is -0.497 e. The minimum absolute atomic E-state index is 0.186. The third kappa shape index (κ3) is 4.63. The molecular weight excluding hydrogens is 510 g/mol. The lowest BCUT2D eigenvalue weighted by Crippen LogP contribution is -2.38. The number of nitrogens with zero attached hydrogens (tertiary/aromatic N) is 2. The van der Waals surface area contributed by atoms with Gasteiger partial charge in [0.15, 0.2) is 0 Å². The fourth-order valence-electron chi connectivity index (χ4n) is 5.74. The number of urea groups is 1. The van der Waals surface area contributed by atoms with Crippen LogP contribution in [0.25, 0.3) is 5.00 Å². The van der Waals surface area contributed by atoms with Crippen molar-refractivity contribution < 1.29 is 19.0 Å². The van der Waals surface area contributed by atoms with Crippen molar-refractivity contribution in [2.45, 2.75) is 45.2 Å². The molecule has 1 N–H and O–H groups in total. The molecule has 1 atom stereocenters. The average molecular weight is 544 g/mol. The minimum atomic E-state index is -0.293. The Balaban J connectivity index is 1.46. The van der Waals surface area contributed by atoms with Crippen molar-refractivity contribution in [3.8, 4) is 22.2 Å². The Morgan fingerprint density at radius 1 is 1.00 bits per heavy atom. The quantitative estimate of drug-likeness (QED) is 0.285. The van der Waals surface area contributed by atoms with E-state index in [2.05, 4.69) is 40.3 Å².